The molecule has 1 N–H and O–H groups in total. The summed E-state index contributed by atoms with van der Waals surface area (Å²) in [5.41, 5.74) is 0. The van der Waals surface area contributed by atoms with E-state index in [1.807, 2.05) is 0 Å². The van der Waals surface area contributed by atoms with Crippen LogP contribution in [-0.2, 0) is 14.3 Å². The van der Waals surface area contributed by atoms with Gasteiger partial charge in [0.15, 0.2) is 0 Å². The number of hydrogen-bond acceptors (Lipinski definition) is 3. The fraction of sp³-hybridized carbons (Fsp3) is 0.857. The van der Waals surface area contributed by atoms with E-state index in [4.69, 9.17) is 4.74 Å². The van der Waals surface area contributed by atoms with Crippen LogP contribution in [0, 0.1) is 5.92 Å². The fourth-order valence-corrected chi connectivity index (χ4v) is 2.48. The molecule has 2 atom stereocenters. The Morgan fingerprint density at radius 3 is 2.68 bits per heavy atom. The molecule has 1 saturated heterocycles. The number of carbonyl (C=O) groups is 2. The molecule has 0 spiro atoms. The Hall–Kier alpha value is -1.10. The van der Waals surface area contributed by atoms with Gasteiger partial charge in [0, 0.05) is 19.8 Å². The molecule has 0 radical (unpaired) electrons. The molecular formula is C14H24N2O3. The van der Waals surface area contributed by atoms with Gasteiger partial charge in [-0.3, -0.25) is 9.59 Å². The Balaban J connectivity index is 1.84. The molecule has 1 saturated carbocycles. The molecule has 2 aliphatic rings. The first-order valence-corrected chi connectivity index (χ1v) is 7.33. The lowest BCUT2D eigenvalue weighted by Gasteiger charge is -2.37. The van der Waals surface area contributed by atoms with Crippen LogP contribution >= 0.6 is 0 Å². The monoisotopic (exact) mass is 268 g/mol. The second-order valence-electron chi connectivity index (χ2n) is 5.50. The van der Waals surface area contributed by atoms with Gasteiger partial charge in [-0.15, -0.1) is 0 Å². The Labute approximate surface area is 114 Å². The molecule has 108 valence electrons. The van der Waals surface area contributed by atoms with Crippen LogP contribution in [0.1, 0.15) is 39.5 Å². The smallest absolute Gasteiger partial charge is 0.246 e. The highest BCUT2D eigenvalue weighted by atomic mass is 16.5. The topological polar surface area (TPSA) is 58.6 Å². The maximum atomic E-state index is 12.4. The number of rotatable bonds is 7. The van der Waals surface area contributed by atoms with Crippen molar-refractivity contribution in [2.45, 2.75) is 51.6 Å². The van der Waals surface area contributed by atoms with E-state index in [9.17, 15) is 9.59 Å². The maximum Gasteiger partial charge on any atom is 0.246 e. The average molecular weight is 268 g/mol. The van der Waals surface area contributed by atoms with E-state index in [-0.39, 0.29) is 23.9 Å². The summed E-state index contributed by atoms with van der Waals surface area (Å²) in [5.74, 6) is 0.429. The lowest BCUT2D eigenvalue weighted by molar-refractivity contribution is -0.149. The lowest BCUT2D eigenvalue weighted by Crippen LogP contribution is -2.63. The summed E-state index contributed by atoms with van der Waals surface area (Å²) in [6.45, 7) is 5.89. The van der Waals surface area contributed by atoms with Gasteiger partial charge in [0.05, 0.1) is 0 Å². The largest absolute Gasteiger partial charge is 0.381 e. The van der Waals surface area contributed by atoms with E-state index >= 15 is 0 Å². The number of amides is 2. The van der Waals surface area contributed by atoms with E-state index in [1.54, 1.807) is 11.8 Å². The highest BCUT2D eigenvalue weighted by Crippen LogP contribution is 2.35. The number of hydrogen-bond donors (Lipinski definition) is 1. The van der Waals surface area contributed by atoms with Crippen LogP contribution in [0.4, 0.5) is 0 Å². The third kappa shape index (κ3) is 3.47. The predicted octanol–water partition coefficient (Wildman–Crippen LogP) is 0.929. The SMILES string of the molecule is CCCOCCCN1C(=O)C(C2CC2)NC(=O)C1C. The Kier molecular flexibility index (Phi) is 4.80. The molecule has 0 bridgehead atoms. The van der Waals surface area contributed by atoms with Crippen molar-refractivity contribution in [2.75, 3.05) is 19.8 Å². The number of carbonyl (C=O) groups excluding carboxylic acids is 2. The summed E-state index contributed by atoms with van der Waals surface area (Å²) in [6.07, 6.45) is 3.91. The summed E-state index contributed by atoms with van der Waals surface area (Å²) in [6, 6.07) is -0.631. The van der Waals surface area contributed by atoms with Crippen LogP contribution < -0.4 is 5.32 Å². The normalized spacial score (nSPS) is 27.6. The van der Waals surface area contributed by atoms with Gasteiger partial charge in [-0.1, -0.05) is 6.92 Å². The Bertz CT molecular complexity index is 342. The minimum absolute atomic E-state index is 0.0222. The van der Waals surface area contributed by atoms with Crippen LogP contribution in [0.25, 0.3) is 0 Å². The highest BCUT2D eigenvalue weighted by Gasteiger charge is 2.45. The lowest BCUT2D eigenvalue weighted by atomic mass is 10.0. The van der Waals surface area contributed by atoms with Crippen molar-refractivity contribution in [2.24, 2.45) is 5.92 Å². The zero-order chi connectivity index (χ0) is 13.8. The van der Waals surface area contributed by atoms with Gasteiger partial charge < -0.3 is 15.0 Å². The molecule has 1 heterocycles. The highest BCUT2D eigenvalue weighted by molar-refractivity contribution is 5.97. The first-order valence-electron chi connectivity index (χ1n) is 7.33. The first kappa shape index (κ1) is 14.3. The standard InChI is InChI=1S/C14H24N2O3/c1-3-8-19-9-4-7-16-10(2)13(17)15-12(14(16)18)11-5-6-11/h10-12H,3-9H2,1-2H3,(H,15,17). The Morgan fingerprint density at radius 1 is 1.32 bits per heavy atom. The number of nitrogens with zero attached hydrogens (tertiary/aromatic N) is 1. The van der Waals surface area contributed by atoms with Gasteiger partial charge in [0.2, 0.25) is 11.8 Å². The quantitative estimate of drug-likeness (QED) is 0.699. The van der Waals surface area contributed by atoms with Crippen LogP contribution in [0.2, 0.25) is 0 Å². The molecule has 2 unspecified atom stereocenters. The molecule has 1 aliphatic heterocycles. The summed E-state index contributed by atoms with van der Waals surface area (Å²) < 4.78 is 5.42. The second kappa shape index (κ2) is 6.37. The third-order valence-corrected chi connectivity index (χ3v) is 3.82. The van der Waals surface area contributed by atoms with E-state index in [2.05, 4.69) is 12.2 Å². The molecule has 2 fully saturated rings. The van der Waals surface area contributed by atoms with E-state index in [0.29, 0.717) is 19.1 Å². The number of ether oxygens (including phenoxy) is 1. The molecule has 5 nitrogen and oxygen atoms in total. The minimum Gasteiger partial charge on any atom is -0.381 e. The zero-order valence-electron chi connectivity index (χ0n) is 11.9. The van der Waals surface area contributed by atoms with Gasteiger partial charge in [0.25, 0.3) is 0 Å². The van der Waals surface area contributed by atoms with E-state index < -0.39 is 0 Å². The van der Waals surface area contributed by atoms with Crippen molar-refractivity contribution >= 4 is 11.8 Å². The average Bonchev–Trinajstić information content (AvgIpc) is 3.21. The molecule has 0 aromatic carbocycles. The molecule has 0 aromatic rings. The summed E-state index contributed by atoms with van der Waals surface area (Å²) in [4.78, 5) is 26.0. The fourth-order valence-electron chi connectivity index (χ4n) is 2.48. The summed E-state index contributed by atoms with van der Waals surface area (Å²) in [7, 11) is 0. The Morgan fingerprint density at radius 2 is 2.05 bits per heavy atom. The zero-order valence-corrected chi connectivity index (χ0v) is 11.9. The van der Waals surface area contributed by atoms with Gasteiger partial charge >= 0.3 is 0 Å². The van der Waals surface area contributed by atoms with Crippen LogP contribution in [0.5, 0.6) is 0 Å². The van der Waals surface area contributed by atoms with Crippen molar-refractivity contribution in [3.05, 3.63) is 0 Å². The molecule has 19 heavy (non-hydrogen) atoms. The van der Waals surface area contributed by atoms with Gasteiger partial charge in [-0.2, -0.15) is 0 Å². The predicted molar refractivity (Wildman–Crippen MR) is 71.6 cm³/mol. The molecule has 0 aromatic heterocycles. The van der Waals surface area contributed by atoms with Crippen LogP contribution in [0.15, 0.2) is 0 Å². The summed E-state index contributed by atoms with van der Waals surface area (Å²) >= 11 is 0. The van der Waals surface area contributed by atoms with Gasteiger partial charge in [0.1, 0.15) is 12.1 Å². The van der Waals surface area contributed by atoms with Crippen molar-refractivity contribution < 1.29 is 14.3 Å². The first-order chi connectivity index (χ1) is 9.15. The van der Waals surface area contributed by atoms with Crippen molar-refractivity contribution in [1.82, 2.24) is 10.2 Å². The van der Waals surface area contributed by atoms with Gasteiger partial charge in [-0.05, 0) is 38.5 Å². The van der Waals surface area contributed by atoms with Crippen LogP contribution in [0.3, 0.4) is 0 Å². The molecule has 5 heteroatoms. The van der Waals surface area contributed by atoms with Crippen molar-refractivity contribution in [1.29, 1.82) is 0 Å². The molecule has 2 amide bonds. The minimum atomic E-state index is -0.353. The number of piperazine rings is 1. The van der Waals surface area contributed by atoms with Crippen molar-refractivity contribution in [3.63, 3.8) is 0 Å². The second-order valence-corrected chi connectivity index (χ2v) is 5.50. The molecule has 1 aliphatic carbocycles. The van der Waals surface area contributed by atoms with Crippen molar-refractivity contribution in [3.8, 4) is 0 Å². The maximum absolute atomic E-state index is 12.4. The third-order valence-electron chi connectivity index (χ3n) is 3.82. The molecular weight excluding hydrogens is 244 g/mol. The summed E-state index contributed by atoms with van der Waals surface area (Å²) in [5, 5.41) is 2.86. The van der Waals surface area contributed by atoms with E-state index in [1.165, 1.54) is 0 Å². The number of nitrogens with one attached hydrogen (secondary N) is 1. The van der Waals surface area contributed by atoms with E-state index in [0.717, 1.165) is 32.3 Å². The van der Waals surface area contributed by atoms with Gasteiger partial charge in [-0.25, -0.2) is 0 Å². The van der Waals surface area contributed by atoms with Crippen LogP contribution in [-0.4, -0.2) is 48.6 Å². The molecule has 2 rings (SSSR count).